The topological polar surface area (TPSA) is 23.5 Å². The smallest absolute Gasteiger partial charge is 0.0687 e. The molecule has 0 radical (unpaired) electrons. The summed E-state index contributed by atoms with van der Waals surface area (Å²) in [7, 11) is 0. The molecule has 82 valence electrons. The Balaban J connectivity index is 2.28. The van der Waals surface area contributed by atoms with Crippen molar-refractivity contribution in [2.24, 2.45) is 0 Å². The third kappa shape index (κ3) is 2.15. The summed E-state index contributed by atoms with van der Waals surface area (Å²) in [6.45, 7) is 4.82. The van der Waals surface area contributed by atoms with Gasteiger partial charge in [-0.2, -0.15) is 0 Å². The monoisotopic (exact) mass is 205 g/mol. The number of nitrogens with zero attached hydrogens (tertiary/aromatic N) is 1. The van der Waals surface area contributed by atoms with E-state index in [1.54, 1.807) is 0 Å². The minimum absolute atomic E-state index is 0.265. The molecule has 0 saturated carbocycles. The molecule has 0 saturated heterocycles. The van der Waals surface area contributed by atoms with Crippen molar-refractivity contribution in [2.75, 3.05) is 11.4 Å². The summed E-state index contributed by atoms with van der Waals surface area (Å²) in [5.74, 6) is 0. The number of aliphatic hydroxyl groups is 1. The number of β-amino-alcohol motifs (C(OH)–C–C–N with tert-alkyl or cyclic N) is 1. The second-order valence-corrected chi connectivity index (χ2v) is 4.52. The van der Waals surface area contributed by atoms with Crippen molar-refractivity contribution >= 4 is 5.69 Å². The normalized spacial score (nSPS) is 22.3. The maximum absolute atomic E-state index is 9.51. The van der Waals surface area contributed by atoms with Gasteiger partial charge in [0.2, 0.25) is 0 Å². The van der Waals surface area contributed by atoms with Gasteiger partial charge in [-0.1, -0.05) is 18.2 Å². The van der Waals surface area contributed by atoms with Crippen molar-refractivity contribution in [3.05, 3.63) is 29.8 Å². The second-order valence-electron chi connectivity index (χ2n) is 4.52. The zero-order chi connectivity index (χ0) is 10.8. The summed E-state index contributed by atoms with van der Waals surface area (Å²) >= 11 is 0. The van der Waals surface area contributed by atoms with Crippen LogP contribution in [0.25, 0.3) is 0 Å². The van der Waals surface area contributed by atoms with Crippen LogP contribution >= 0.6 is 0 Å². The molecular weight excluding hydrogens is 186 g/mol. The number of aliphatic hydroxyl groups excluding tert-OH is 1. The molecule has 1 aliphatic heterocycles. The first-order chi connectivity index (χ1) is 7.18. The number of hydrogen-bond donors (Lipinski definition) is 1. The average molecular weight is 205 g/mol. The Hall–Kier alpha value is -1.02. The lowest BCUT2D eigenvalue weighted by molar-refractivity contribution is 0.196. The van der Waals surface area contributed by atoms with E-state index in [9.17, 15) is 5.11 Å². The van der Waals surface area contributed by atoms with E-state index in [0.29, 0.717) is 6.04 Å². The molecule has 0 aromatic heterocycles. The average Bonchev–Trinajstić information content (AvgIpc) is 2.22. The Morgan fingerprint density at radius 3 is 2.93 bits per heavy atom. The van der Waals surface area contributed by atoms with E-state index in [2.05, 4.69) is 36.1 Å². The summed E-state index contributed by atoms with van der Waals surface area (Å²) in [6, 6.07) is 9.06. The molecular formula is C13H19NO. The zero-order valence-electron chi connectivity index (χ0n) is 9.48. The molecule has 2 atom stereocenters. The summed E-state index contributed by atoms with van der Waals surface area (Å²) in [6.07, 6.45) is 2.08. The van der Waals surface area contributed by atoms with Crippen LogP contribution in [0.2, 0.25) is 0 Å². The first-order valence-electron chi connectivity index (χ1n) is 5.71. The Morgan fingerprint density at radius 1 is 1.47 bits per heavy atom. The SMILES string of the molecule is CC1CCc2ccccc2N1C[C@H](C)O. The van der Waals surface area contributed by atoms with E-state index in [0.717, 1.165) is 13.0 Å². The van der Waals surface area contributed by atoms with Crippen molar-refractivity contribution in [3.63, 3.8) is 0 Å². The van der Waals surface area contributed by atoms with Gasteiger partial charge in [-0.3, -0.25) is 0 Å². The highest BCUT2D eigenvalue weighted by Crippen LogP contribution is 2.30. The molecule has 2 nitrogen and oxygen atoms in total. The summed E-state index contributed by atoms with van der Waals surface area (Å²) in [5, 5.41) is 9.51. The van der Waals surface area contributed by atoms with Gasteiger partial charge in [0.25, 0.3) is 0 Å². The Labute approximate surface area is 91.5 Å². The number of anilines is 1. The highest BCUT2D eigenvalue weighted by Gasteiger charge is 2.23. The summed E-state index contributed by atoms with van der Waals surface area (Å²) < 4.78 is 0. The molecule has 1 unspecified atom stereocenters. The van der Waals surface area contributed by atoms with Gasteiger partial charge >= 0.3 is 0 Å². The van der Waals surface area contributed by atoms with E-state index in [4.69, 9.17) is 0 Å². The standard InChI is InChI=1S/C13H19NO/c1-10-7-8-12-5-3-4-6-13(12)14(10)9-11(2)15/h3-6,10-11,15H,7-9H2,1-2H3/t10?,11-/m0/s1. The van der Waals surface area contributed by atoms with Crippen molar-refractivity contribution in [1.29, 1.82) is 0 Å². The summed E-state index contributed by atoms with van der Waals surface area (Å²) in [5.41, 5.74) is 2.72. The molecule has 1 aliphatic rings. The van der Waals surface area contributed by atoms with Gasteiger partial charge in [0.05, 0.1) is 6.10 Å². The van der Waals surface area contributed by atoms with Crippen LogP contribution in [-0.2, 0) is 6.42 Å². The number of hydrogen-bond acceptors (Lipinski definition) is 2. The molecule has 2 heteroatoms. The van der Waals surface area contributed by atoms with Gasteiger partial charge in [-0.05, 0) is 38.3 Å². The van der Waals surface area contributed by atoms with E-state index >= 15 is 0 Å². The first-order valence-corrected chi connectivity index (χ1v) is 5.71. The zero-order valence-corrected chi connectivity index (χ0v) is 9.48. The van der Waals surface area contributed by atoms with Crippen molar-refractivity contribution in [2.45, 2.75) is 38.8 Å². The van der Waals surface area contributed by atoms with Gasteiger partial charge in [0.1, 0.15) is 0 Å². The van der Waals surface area contributed by atoms with Gasteiger partial charge in [0, 0.05) is 18.3 Å². The number of rotatable bonds is 2. The Kier molecular flexibility index (Phi) is 2.96. The molecule has 1 heterocycles. The largest absolute Gasteiger partial charge is 0.392 e. The molecule has 1 N–H and O–H groups in total. The van der Waals surface area contributed by atoms with Crippen LogP contribution < -0.4 is 4.90 Å². The first kappa shape index (κ1) is 10.5. The molecule has 0 spiro atoms. The molecule has 0 aliphatic carbocycles. The number of fused-ring (bicyclic) bond motifs is 1. The molecule has 0 amide bonds. The van der Waals surface area contributed by atoms with Crippen LogP contribution in [0.1, 0.15) is 25.8 Å². The van der Waals surface area contributed by atoms with Crippen LogP contribution in [0.5, 0.6) is 0 Å². The van der Waals surface area contributed by atoms with Crippen molar-refractivity contribution in [1.82, 2.24) is 0 Å². The Bertz CT molecular complexity index is 335. The summed E-state index contributed by atoms with van der Waals surface area (Å²) in [4.78, 5) is 2.32. The molecule has 0 bridgehead atoms. The van der Waals surface area contributed by atoms with Gasteiger partial charge in [-0.25, -0.2) is 0 Å². The van der Waals surface area contributed by atoms with E-state index in [1.165, 1.54) is 17.7 Å². The predicted molar refractivity (Wildman–Crippen MR) is 63.3 cm³/mol. The van der Waals surface area contributed by atoms with E-state index in [1.807, 2.05) is 6.92 Å². The number of para-hydroxylation sites is 1. The molecule has 1 aromatic rings. The fourth-order valence-corrected chi connectivity index (χ4v) is 2.32. The molecule has 15 heavy (non-hydrogen) atoms. The third-order valence-electron chi connectivity index (χ3n) is 3.13. The third-order valence-corrected chi connectivity index (χ3v) is 3.13. The number of aryl methyl sites for hydroxylation is 1. The van der Waals surface area contributed by atoms with Gasteiger partial charge in [0.15, 0.2) is 0 Å². The quantitative estimate of drug-likeness (QED) is 0.800. The maximum Gasteiger partial charge on any atom is 0.0687 e. The predicted octanol–water partition coefficient (Wildman–Crippen LogP) is 2.21. The van der Waals surface area contributed by atoms with Crippen LogP contribution in [0.15, 0.2) is 24.3 Å². The van der Waals surface area contributed by atoms with Crippen molar-refractivity contribution in [3.8, 4) is 0 Å². The molecule has 2 rings (SSSR count). The van der Waals surface area contributed by atoms with Gasteiger partial charge < -0.3 is 10.0 Å². The van der Waals surface area contributed by atoms with Crippen LogP contribution in [0.4, 0.5) is 5.69 Å². The van der Waals surface area contributed by atoms with Gasteiger partial charge in [-0.15, -0.1) is 0 Å². The van der Waals surface area contributed by atoms with Crippen LogP contribution in [0.3, 0.4) is 0 Å². The van der Waals surface area contributed by atoms with E-state index in [-0.39, 0.29) is 6.10 Å². The lowest BCUT2D eigenvalue weighted by Gasteiger charge is -2.37. The second kappa shape index (κ2) is 4.23. The number of benzene rings is 1. The lowest BCUT2D eigenvalue weighted by atomic mass is 9.96. The highest BCUT2D eigenvalue weighted by molar-refractivity contribution is 5.56. The Morgan fingerprint density at radius 2 is 2.20 bits per heavy atom. The highest BCUT2D eigenvalue weighted by atomic mass is 16.3. The molecule has 1 aromatic carbocycles. The fraction of sp³-hybridized carbons (Fsp3) is 0.538. The van der Waals surface area contributed by atoms with Crippen LogP contribution in [0, 0.1) is 0 Å². The minimum atomic E-state index is -0.265. The van der Waals surface area contributed by atoms with Crippen LogP contribution in [-0.4, -0.2) is 23.8 Å². The fourth-order valence-electron chi connectivity index (χ4n) is 2.32. The molecule has 0 fully saturated rings. The lowest BCUT2D eigenvalue weighted by Crippen LogP contribution is -2.41. The van der Waals surface area contributed by atoms with Crippen molar-refractivity contribution < 1.29 is 5.11 Å². The minimum Gasteiger partial charge on any atom is -0.392 e. The maximum atomic E-state index is 9.51. The van der Waals surface area contributed by atoms with E-state index < -0.39 is 0 Å².